The van der Waals surface area contributed by atoms with Crippen molar-refractivity contribution in [2.45, 2.75) is 71.8 Å². The van der Waals surface area contributed by atoms with Gasteiger partial charge in [-0.3, -0.25) is 0 Å². The molecule has 0 aliphatic heterocycles. The Morgan fingerprint density at radius 3 is 2.33 bits per heavy atom. The quantitative estimate of drug-likeness (QED) is 0.655. The first-order valence-electron chi connectivity index (χ1n) is 6.92. The average molecular weight is 211 g/mol. The molecule has 1 saturated carbocycles. The van der Waals surface area contributed by atoms with E-state index in [0.29, 0.717) is 0 Å². The van der Waals surface area contributed by atoms with Gasteiger partial charge in [-0.2, -0.15) is 0 Å². The fraction of sp³-hybridized carbons (Fsp3) is 1.00. The highest BCUT2D eigenvalue weighted by Crippen LogP contribution is 2.23. The van der Waals surface area contributed by atoms with Gasteiger partial charge < -0.3 is 5.32 Å². The maximum Gasteiger partial charge on any atom is 0.00672 e. The SMILES string of the molecule is CC(C)CCCCNC1CCC(C)CC1. The molecule has 1 nitrogen and oxygen atoms in total. The van der Waals surface area contributed by atoms with Crippen molar-refractivity contribution < 1.29 is 0 Å². The Labute approximate surface area is 96.0 Å². The van der Waals surface area contributed by atoms with Crippen molar-refractivity contribution >= 4 is 0 Å². The van der Waals surface area contributed by atoms with Gasteiger partial charge in [0.15, 0.2) is 0 Å². The lowest BCUT2D eigenvalue weighted by Crippen LogP contribution is -2.33. The lowest BCUT2D eigenvalue weighted by atomic mass is 9.87. The van der Waals surface area contributed by atoms with Crippen LogP contribution in [0.1, 0.15) is 65.7 Å². The first kappa shape index (κ1) is 13.0. The minimum atomic E-state index is 0.834. The van der Waals surface area contributed by atoms with Gasteiger partial charge in [-0.15, -0.1) is 0 Å². The number of rotatable bonds is 6. The lowest BCUT2D eigenvalue weighted by Gasteiger charge is -2.27. The molecule has 1 aliphatic rings. The second-order valence-electron chi connectivity index (χ2n) is 5.80. The van der Waals surface area contributed by atoms with Gasteiger partial charge in [-0.1, -0.05) is 33.6 Å². The third-order valence-electron chi connectivity index (χ3n) is 3.66. The van der Waals surface area contributed by atoms with Crippen molar-refractivity contribution in [2.75, 3.05) is 6.54 Å². The van der Waals surface area contributed by atoms with Crippen molar-refractivity contribution in [1.29, 1.82) is 0 Å². The molecule has 0 amide bonds. The molecule has 1 N–H and O–H groups in total. The molecule has 0 aromatic rings. The van der Waals surface area contributed by atoms with E-state index in [-0.39, 0.29) is 0 Å². The van der Waals surface area contributed by atoms with E-state index >= 15 is 0 Å². The van der Waals surface area contributed by atoms with Crippen molar-refractivity contribution in [2.24, 2.45) is 11.8 Å². The highest BCUT2D eigenvalue weighted by atomic mass is 14.9. The summed E-state index contributed by atoms with van der Waals surface area (Å²) in [5, 5.41) is 3.72. The van der Waals surface area contributed by atoms with Crippen LogP contribution in [0, 0.1) is 11.8 Å². The molecule has 1 rings (SSSR count). The summed E-state index contributed by atoms with van der Waals surface area (Å²) in [5.74, 6) is 1.85. The van der Waals surface area contributed by atoms with E-state index in [0.717, 1.165) is 17.9 Å². The predicted octanol–water partition coefficient (Wildman–Crippen LogP) is 3.98. The third kappa shape index (κ3) is 6.19. The molecular formula is C14H29N. The Hall–Kier alpha value is -0.0400. The summed E-state index contributed by atoms with van der Waals surface area (Å²) in [6, 6.07) is 0.834. The molecule has 1 heteroatoms. The van der Waals surface area contributed by atoms with Crippen molar-refractivity contribution in [3.63, 3.8) is 0 Å². The zero-order valence-corrected chi connectivity index (χ0v) is 10.9. The maximum absolute atomic E-state index is 3.72. The molecular weight excluding hydrogens is 182 g/mol. The van der Waals surface area contributed by atoms with Crippen LogP contribution in [-0.4, -0.2) is 12.6 Å². The van der Waals surface area contributed by atoms with Gasteiger partial charge in [0, 0.05) is 6.04 Å². The first-order chi connectivity index (χ1) is 7.18. The predicted molar refractivity (Wildman–Crippen MR) is 68.1 cm³/mol. The Morgan fingerprint density at radius 1 is 1.07 bits per heavy atom. The normalized spacial score (nSPS) is 27.2. The Balaban J connectivity index is 1.91. The first-order valence-corrected chi connectivity index (χ1v) is 6.92. The molecule has 0 aromatic heterocycles. The summed E-state index contributed by atoms with van der Waals surface area (Å²) in [4.78, 5) is 0. The second kappa shape index (κ2) is 7.27. The van der Waals surface area contributed by atoms with Crippen LogP contribution in [0.2, 0.25) is 0 Å². The van der Waals surface area contributed by atoms with E-state index in [4.69, 9.17) is 0 Å². The van der Waals surface area contributed by atoms with Crippen molar-refractivity contribution in [1.82, 2.24) is 5.32 Å². The molecule has 1 fully saturated rings. The fourth-order valence-electron chi connectivity index (χ4n) is 2.45. The fourth-order valence-corrected chi connectivity index (χ4v) is 2.45. The van der Waals surface area contributed by atoms with Crippen LogP contribution in [-0.2, 0) is 0 Å². The summed E-state index contributed by atoms with van der Waals surface area (Å²) < 4.78 is 0. The van der Waals surface area contributed by atoms with Gasteiger partial charge in [0.2, 0.25) is 0 Å². The van der Waals surface area contributed by atoms with Crippen LogP contribution >= 0.6 is 0 Å². The van der Waals surface area contributed by atoms with Crippen LogP contribution in [0.15, 0.2) is 0 Å². The molecule has 0 radical (unpaired) electrons. The minimum Gasteiger partial charge on any atom is -0.314 e. The maximum atomic E-state index is 3.72. The Kier molecular flexibility index (Phi) is 6.31. The van der Waals surface area contributed by atoms with Crippen LogP contribution < -0.4 is 5.32 Å². The summed E-state index contributed by atoms with van der Waals surface area (Å²) >= 11 is 0. The van der Waals surface area contributed by atoms with E-state index in [1.165, 1.54) is 51.5 Å². The largest absolute Gasteiger partial charge is 0.314 e. The van der Waals surface area contributed by atoms with Gasteiger partial charge in [-0.05, 0) is 50.5 Å². The number of nitrogens with one attached hydrogen (secondary N) is 1. The van der Waals surface area contributed by atoms with E-state index in [9.17, 15) is 0 Å². The van der Waals surface area contributed by atoms with Gasteiger partial charge >= 0.3 is 0 Å². The van der Waals surface area contributed by atoms with E-state index in [1.54, 1.807) is 0 Å². The average Bonchev–Trinajstić information content (AvgIpc) is 2.20. The molecule has 0 spiro atoms. The van der Waals surface area contributed by atoms with Gasteiger partial charge in [0.05, 0.1) is 0 Å². The number of hydrogen-bond donors (Lipinski definition) is 1. The molecule has 90 valence electrons. The minimum absolute atomic E-state index is 0.834. The second-order valence-corrected chi connectivity index (χ2v) is 5.80. The van der Waals surface area contributed by atoms with E-state index < -0.39 is 0 Å². The molecule has 0 bridgehead atoms. The highest BCUT2D eigenvalue weighted by molar-refractivity contribution is 4.74. The Bertz CT molecular complexity index is 145. The standard InChI is InChI=1S/C14H29N/c1-12(2)6-4-5-11-15-14-9-7-13(3)8-10-14/h12-15H,4-11H2,1-3H3. The highest BCUT2D eigenvalue weighted by Gasteiger charge is 2.16. The van der Waals surface area contributed by atoms with Gasteiger partial charge in [0.1, 0.15) is 0 Å². The monoisotopic (exact) mass is 211 g/mol. The zero-order valence-electron chi connectivity index (χ0n) is 10.9. The molecule has 0 aromatic carbocycles. The smallest absolute Gasteiger partial charge is 0.00672 e. The van der Waals surface area contributed by atoms with Crippen LogP contribution in [0.3, 0.4) is 0 Å². The summed E-state index contributed by atoms with van der Waals surface area (Å²) in [6.07, 6.45) is 9.84. The lowest BCUT2D eigenvalue weighted by molar-refractivity contribution is 0.306. The van der Waals surface area contributed by atoms with Gasteiger partial charge in [0.25, 0.3) is 0 Å². The van der Waals surface area contributed by atoms with Gasteiger partial charge in [-0.25, -0.2) is 0 Å². The summed E-state index contributed by atoms with van der Waals surface area (Å²) in [5.41, 5.74) is 0. The van der Waals surface area contributed by atoms with Crippen molar-refractivity contribution in [3.8, 4) is 0 Å². The molecule has 15 heavy (non-hydrogen) atoms. The van der Waals surface area contributed by atoms with Crippen molar-refractivity contribution in [3.05, 3.63) is 0 Å². The molecule has 0 saturated heterocycles. The number of hydrogen-bond acceptors (Lipinski definition) is 1. The van der Waals surface area contributed by atoms with E-state index in [2.05, 4.69) is 26.1 Å². The molecule has 0 heterocycles. The molecule has 1 aliphatic carbocycles. The van der Waals surface area contributed by atoms with E-state index in [1.807, 2.05) is 0 Å². The van der Waals surface area contributed by atoms with Crippen LogP contribution in [0.25, 0.3) is 0 Å². The topological polar surface area (TPSA) is 12.0 Å². The molecule has 0 unspecified atom stereocenters. The third-order valence-corrected chi connectivity index (χ3v) is 3.66. The molecule has 0 atom stereocenters. The summed E-state index contributed by atoms with van der Waals surface area (Å²) in [6.45, 7) is 8.26. The number of unbranched alkanes of at least 4 members (excludes halogenated alkanes) is 1. The van der Waals surface area contributed by atoms with Crippen LogP contribution in [0.5, 0.6) is 0 Å². The van der Waals surface area contributed by atoms with Crippen LogP contribution in [0.4, 0.5) is 0 Å². The zero-order chi connectivity index (χ0) is 11.1. The Morgan fingerprint density at radius 2 is 1.73 bits per heavy atom. The summed E-state index contributed by atoms with van der Waals surface area (Å²) in [7, 11) is 0.